The van der Waals surface area contributed by atoms with Gasteiger partial charge >= 0.3 is 0 Å². The van der Waals surface area contributed by atoms with E-state index in [0.717, 1.165) is 11.1 Å². The second-order valence-corrected chi connectivity index (χ2v) is 4.47. The van der Waals surface area contributed by atoms with Gasteiger partial charge in [0.05, 0.1) is 12.4 Å². The van der Waals surface area contributed by atoms with E-state index in [4.69, 9.17) is 0 Å². The van der Waals surface area contributed by atoms with E-state index >= 15 is 0 Å². The van der Waals surface area contributed by atoms with Gasteiger partial charge in [0.2, 0.25) is 0 Å². The van der Waals surface area contributed by atoms with Crippen LogP contribution in [-0.2, 0) is 0 Å². The molecule has 2 aromatic carbocycles. The molecular formula is C18H14N2. The minimum atomic E-state index is 1.06. The molecule has 0 aliphatic heterocycles. The second-order valence-electron chi connectivity index (χ2n) is 4.47. The molecule has 3 aromatic rings. The SMILES string of the molecule is C(=C(\c1ccccc1)c1ccnnc1)/c1ccccc1. The van der Waals surface area contributed by atoms with E-state index in [2.05, 4.69) is 40.5 Å². The zero-order valence-electron chi connectivity index (χ0n) is 11.0. The van der Waals surface area contributed by atoms with Crippen LogP contribution in [0.4, 0.5) is 0 Å². The fourth-order valence-corrected chi connectivity index (χ4v) is 2.12. The van der Waals surface area contributed by atoms with Gasteiger partial charge in [0, 0.05) is 5.56 Å². The molecule has 0 amide bonds. The zero-order chi connectivity index (χ0) is 13.6. The molecule has 0 saturated carbocycles. The molecule has 0 radical (unpaired) electrons. The third-order valence-corrected chi connectivity index (χ3v) is 3.09. The Morgan fingerprint density at radius 2 is 1.40 bits per heavy atom. The van der Waals surface area contributed by atoms with Gasteiger partial charge in [0.15, 0.2) is 0 Å². The molecule has 0 bridgehead atoms. The van der Waals surface area contributed by atoms with Crippen LogP contribution in [0.5, 0.6) is 0 Å². The van der Waals surface area contributed by atoms with Crippen molar-refractivity contribution in [3.63, 3.8) is 0 Å². The van der Waals surface area contributed by atoms with E-state index in [9.17, 15) is 0 Å². The number of aromatic nitrogens is 2. The van der Waals surface area contributed by atoms with Crippen molar-refractivity contribution in [3.05, 3.63) is 95.8 Å². The smallest absolute Gasteiger partial charge is 0.0574 e. The van der Waals surface area contributed by atoms with Gasteiger partial charge in [0.1, 0.15) is 0 Å². The van der Waals surface area contributed by atoms with Gasteiger partial charge < -0.3 is 0 Å². The van der Waals surface area contributed by atoms with Crippen LogP contribution in [0.2, 0.25) is 0 Å². The molecule has 2 nitrogen and oxygen atoms in total. The first kappa shape index (κ1) is 12.3. The van der Waals surface area contributed by atoms with Gasteiger partial charge in [0.25, 0.3) is 0 Å². The number of hydrogen-bond acceptors (Lipinski definition) is 2. The molecule has 20 heavy (non-hydrogen) atoms. The highest BCUT2D eigenvalue weighted by molar-refractivity contribution is 5.91. The monoisotopic (exact) mass is 258 g/mol. The van der Waals surface area contributed by atoms with E-state index in [1.54, 1.807) is 12.4 Å². The molecule has 0 saturated heterocycles. The van der Waals surface area contributed by atoms with Crippen molar-refractivity contribution in [3.8, 4) is 0 Å². The zero-order valence-corrected chi connectivity index (χ0v) is 11.0. The predicted octanol–water partition coefficient (Wildman–Crippen LogP) is 4.07. The van der Waals surface area contributed by atoms with E-state index in [-0.39, 0.29) is 0 Å². The van der Waals surface area contributed by atoms with Gasteiger partial charge in [-0.25, -0.2) is 0 Å². The highest BCUT2D eigenvalue weighted by Crippen LogP contribution is 2.24. The maximum absolute atomic E-state index is 3.98. The van der Waals surface area contributed by atoms with Crippen molar-refractivity contribution < 1.29 is 0 Å². The molecule has 3 rings (SSSR count). The van der Waals surface area contributed by atoms with Crippen LogP contribution in [0.15, 0.2) is 79.1 Å². The molecular weight excluding hydrogens is 244 g/mol. The molecule has 0 aliphatic rings. The average Bonchev–Trinajstić information content (AvgIpc) is 2.55. The first-order chi connectivity index (χ1) is 9.93. The van der Waals surface area contributed by atoms with E-state index in [1.165, 1.54) is 11.1 Å². The van der Waals surface area contributed by atoms with Crippen LogP contribution in [0.3, 0.4) is 0 Å². The molecule has 2 heteroatoms. The Morgan fingerprint density at radius 1 is 0.700 bits per heavy atom. The molecule has 1 heterocycles. The van der Waals surface area contributed by atoms with Crippen LogP contribution in [0.25, 0.3) is 11.6 Å². The topological polar surface area (TPSA) is 25.8 Å². The Morgan fingerprint density at radius 3 is 2.05 bits per heavy atom. The molecule has 0 atom stereocenters. The van der Waals surface area contributed by atoms with Crippen LogP contribution < -0.4 is 0 Å². The molecule has 96 valence electrons. The number of nitrogens with zero attached hydrogens (tertiary/aromatic N) is 2. The summed E-state index contributed by atoms with van der Waals surface area (Å²) in [6.07, 6.45) is 5.69. The third kappa shape index (κ3) is 2.81. The lowest BCUT2D eigenvalue weighted by atomic mass is 9.97. The molecule has 0 unspecified atom stereocenters. The fraction of sp³-hybridized carbons (Fsp3) is 0. The third-order valence-electron chi connectivity index (χ3n) is 3.09. The van der Waals surface area contributed by atoms with Crippen molar-refractivity contribution in [2.24, 2.45) is 0 Å². The van der Waals surface area contributed by atoms with Gasteiger partial charge in [-0.05, 0) is 28.8 Å². The fourth-order valence-electron chi connectivity index (χ4n) is 2.12. The normalized spacial score (nSPS) is 11.3. The van der Waals surface area contributed by atoms with Crippen molar-refractivity contribution >= 4 is 11.6 Å². The summed E-state index contributed by atoms with van der Waals surface area (Å²) in [5.74, 6) is 0. The van der Waals surface area contributed by atoms with E-state index < -0.39 is 0 Å². The largest absolute Gasteiger partial charge is 0.159 e. The number of hydrogen-bond donors (Lipinski definition) is 0. The van der Waals surface area contributed by atoms with Crippen molar-refractivity contribution in [2.75, 3.05) is 0 Å². The van der Waals surface area contributed by atoms with Gasteiger partial charge in [-0.3, -0.25) is 0 Å². The molecule has 1 aromatic heterocycles. The standard InChI is InChI=1S/C18H14N2/c1-3-7-15(8-4-1)13-18(16-9-5-2-6-10-16)17-11-12-19-20-14-17/h1-14H/b18-13-. The lowest BCUT2D eigenvalue weighted by molar-refractivity contribution is 1.02. The Kier molecular flexibility index (Phi) is 3.65. The summed E-state index contributed by atoms with van der Waals surface area (Å²) in [5, 5.41) is 7.83. The maximum atomic E-state index is 3.98. The highest BCUT2D eigenvalue weighted by Gasteiger charge is 2.05. The summed E-state index contributed by atoms with van der Waals surface area (Å²) in [4.78, 5) is 0. The predicted molar refractivity (Wildman–Crippen MR) is 81.9 cm³/mol. The summed E-state index contributed by atoms with van der Waals surface area (Å²) in [6.45, 7) is 0. The average molecular weight is 258 g/mol. The summed E-state index contributed by atoms with van der Waals surface area (Å²) >= 11 is 0. The lowest BCUT2D eigenvalue weighted by Gasteiger charge is -2.08. The van der Waals surface area contributed by atoms with Gasteiger partial charge in [-0.15, -0.1) is 0 Å². The Balaban J connectivity index is 2.12. The summed E-state index contributed by atoms with van der Waals surface area (Å²) in [5.41, 5.74) is 4.55. The van der Waals surface area contributed by atoms with Crippen molar-refractivity contribution in [1.82, 2.24) is 10.2 Å². The summed E-state index contributed by atoms with van der Waals surface area (Å²) < 4.78 is 0. The Bertz CT molecular complexity index is 648. The van der Waals surface area contributed by atoms with Crippen LogP contribution >= 0.6 is 0 Å². The highest BCUT2D eigenvalue weighted by atomic mass is 15.1. The molecule has 0 spiro atoms. The first-order valence-corrected chi connectivity index (χ1v) is 6.53. The minimum absolute atomic E-state index is 1.06. The van der Waals surface area contributed by atoms with Crippen LogP contribution in [-0.4, -0.2) is 10.2 Å². The van der Waals surface area contributed by atoms with Gasteiger partial charge in [-0.1, -0.05) is 60.7 Å². The van der Waals surface area contributed by atoms with Gasteiger partial charge in [-0.2, -0.15) is 10.2 Å². The van der Waals surface area contributed by atoms with E-state index in [0.29, 0.717) is 0 Å². The minimum Gasteiger partial charge on any atom is -0.159 e. The van der Waals surface area contributed by atoms with E-state index in [1.807, 2.05) is 42.5 Å². The first-order valence-electron chi connectivity index (χ1n) is 6.53. The second kappa shape index (κ2) is 5.93. The van der Waals surface area contributed by atoms with Crippen molar-refractivity contribution in [2.45, 2.75) is 0 Å². The van der Waals surface area contributed by atoms with Crippen LogP contribution in [0, 0.1) is 0 Å². The molecule has 0 fully saturated rings. The maximum Gasteiger partial charge on any atom is 0.0574 e. The molecule has 0 N–H and O–H groups in total. The summed E-state index contributed by atoms with van der Waals surface area (Å²) in [6, 6.07) is 22.6. The molecule has 0 aliphatic carbocycles. The summed E-state index contributed by atoms with van der Waals surface area (Å²) in [7, 11) is 0. The lowest BCUT2D eigenvalue weighted by Crippen LogP contribution is -1.90. The quantitative estimate of drug-likeness (QED) is 0.662. The van der Waals surface area contributed by atoms with Crippen molar-refractivity contribution in [1.29, 1.82) is 0 Å². The Hall–Kier alpha value is -2.74. The van der Waals surface area contributed by atoms with Crippen LogP contribution in [0.1, 0.15) is 16.7 Å². The number of rotatable bonds is 3. The number of benzene rings is 2. The Labute approximate surface area is 118 Å².